The number of hydrogen-bond donors (Lipinski definition) is 2. The second kappa shape index (κ2) is 7.75. The van der Waals surface area contributed by atoms with Gasteiger partial charge in [-0.2, -0.15) is 0 Å². The van der Waals surface area contributed by atoms with E-state index in [1.807, 2.05) is 6.92 Å². The fourth-order valence-corrected chi connectivity index (χ4v) is 3.33. The molecule has 0 heterocycles. The van der Waals surface area contributed by atoms with Crippen LogP contribution >= 0.6 is 0 Å². The zero-order chi connectivity index (χ0) is 16.0. The molecule has 1 aromatic rings. The van der Waals surface area contributed by atoms with Gasteiger partial charge >= 0.3 is 0 Å². The van der Waals surface area contributed by atoms with Crippen molar-refractivity contribution in [3.05, 3.63) is 23.5 Å². The van der Waals surface area contributed by atoms with E-state index >= 15 is 0 Å². The summed E-state index contributed by atoms with van der Waals surface area (Å²) < 4.78 is 40.8. The molecule has 0 saturated carbocycles. The Labute approximate surface area is 127 Å². The van der Waals surface area contributed by atoms with Gasteiger partial charge in [0.25, 0.3) is 0 Å². The molecule has 1 unspecified atom stereocenters. The number of sulfonamides is 1. The summed E-state index contributed by atoms with van der Waals surface area (Å²) in [6.45, 7) is 6.09. The van der Waals surface area contributed by atoms with Crippen molar-refractivity contribution < 1.29 is 12.8 Å². The number of halogens is 1. The lowest BCUT2D eigenvalue weighted by molar-refractivity contribution is 0.443. The minimum atomic E-state index is -3.87. The van der Waals surface area contributed by atoms with Crippen LogP contribution in [0.3, 0.4) is 0 Å². The van der Waals surface area contributed by atoms with Gasteiger partial charge in [-0.15, -0.1) is 0 Å². The number of nitrogens with one attached hydrogen (secondary N) is 1. The van der Waals surface area contributed by atoms with E-state index in [4.69, 9.17) is 5.73 Å². The Kier molecular flexibility index (Phi) is 6.61. The summed E-state index contributed by atoms with van der Waals surface area (Å²) in [7, 11) is -3.87. The third kappa shape index (κ3) is 4.97. The fourth-order valence-electron chi connectivity index (χ4n) is 2.12. The number of rotatable bonds is 8. The summed E-state index contributed by atoms with van der Waals surface area (Å²) in [5, 5.41) is 0. The summed E-state index contributed by atoms with van der Waals surface area (Å²) in [5.74, 6) is -0.499. The Bertz CT molecular complexity index is 573. The Morgan fingerprint density at radius 2 is 2.00 bits per heavy atom. The molecule has 0 saturated heterocycles. The molecule has 6 heteroatoms. The first-order valence-electron chi connectivity index (χ1n) is 7.37. The summed E-state index contributed by atoms with van der Waals surface area (Å²) in [6, 6.07) is 2.33. The van der Waals surface area contributed by atoms with Crippen LogP contribution in [0.4, 0.5) is 10.1 Å². The van der Waals surface area contributed by atoms with Crippen molar-refractivity contribution in [2.45, 2.75) is 51.3 Å². The minimum absolute atomic E-state index is 0.269. The predicted octanol–water partition coefficient (Wildman–Crippen LogP) is 3.21. The molecule has 0 bridgehead atoms. The van der Waals surface area contributed by atoms with Crippen LogP contribution in [0.5, 0.6) is 0 Å². The van der Waals surface area contributed by atoms with Crippen LogP contribution in [0.25, 0.3) is 0 Å². The van der Waals surface area contributed by atoms with E-state index < -0.39 is 15.8 Å². The van der Waals surface area contributed by atoms with E-state index in [1.165, 1.54) is 6.07 Å². The highest BCUT2D eigenvalue weighted by Crippen LogP contribution is 2.22. The van der Waals surface area contributed by atoms with Gasteiger partial charge in [-0.3, -0.25) is 0 Å². The Balaban J connectivity index is 2.84. The molecule has 4 nitrogen and oxygen atoms in total. The third-order valence-electron chi connectivity index (χ3n) is 3.72. The topological polar surface area (TPSA) is 72.2 Å². The summed E-state index contributed by atoms with van der Waals surface area (Å²) in [4.78, 5) is -0.379. The van der Waals surface area contributed by atoms with E-state index in [9.17, 15) is 12.8 Å². The van der Waals surface area contributed by atoms with Crippen molar-refractivity contribution in [2.75, 3.05) is 12.3 Å². The van der Waals surface area contributed by atoms with E-state index in [2.05, 4.69) is 11.6 Å². The van der Waals surface area contributed by atoms with Crippen LogP contribution in [-0.4, -0.2) is 15.0 Å². The van der Waals surface area contributed by atoms with Gasteiger partial charge in [0.1, 0.15) is 10.7 Å². The normalized spacial score (nSPS) is 13.3. The number of hydrogen-bond acceptors (Lipinski definition) is 3. The van der Waals surface area contributed by atoms with E-state index in [0.717, 1.165) is 31.7 Å². The van der Waals surface area contributed by atoms with Gasteiger partial charge in [0.15, 0.2) is 0 Å². The number of nitrogens with two attached hydrogens (primary N) is 1. The van der Waals surface area contributed by atoms with E-state index in [1.54, 1.807) is 6.92 Å². The van der Waals surface area contributed by atoms with Crippen LogP contribution in [0.1, 0.15) is 45.1 Å². The van der Waals surface area contributed by atoms with Gasteiger partial charge in [-0.05, 0) is 37.0 Å². The van der Waals surface area contributed by atoms with Gasteiger partial charge in [-0.25, -0.2) is 17.5 Å². The van der Waals surface area contributed by atoms with Gasteiger partial charge in [0, 0.05) is 12.2 Å². The van der Waals surface area contributed by atoms with Crippen LogP contribution in [0.15, 0.2) is 17.0 Å². The second-order valence-electron chi connectivity index (χ2n) is 5.41. The van der Waals surface area contributed by atoms with Crippen LogP contribution < -0.4 is 10.5 Å². The highest BCUT2D eigenvalue weighted by molar-refractivity contribution is 7.89. The molecule has 0 aromatic heterocycles. The molecular weight excluding hydrogens is 291 g/mol. The molecule has 3 N–H and O–H groups in total. The summed E-state index contributed by atoms with van der Waals surface area (Å²) >= 11 is 0. The molecule has 0 radical (unpaired) electrons. The van der Waals surface area contributed by atoms with Crippen LogP contribution in [0, 0.1) is 18.7 Å². The molecule has 1 aromatic carbocycles. The van der Waals surface area contributed by atoms with Gasteiger partial charge in [-0.1, -0.05) is 33.1 Å². The highest BCUT2D eigenvalue weighted by Gasteiger charge is 2.21. The number of benzene rings is 1. The molecule has 0 amide bonds. The van der Waals surface area contributed by atoms with Gasteiger partial charge < -0.3 is 5.73 Å². The lowest BCUT2D eigenvalue weighted by Gasteiger charge is -2.16. The standard InChI is InChI=1S/C15H25FN2O2S/c1-4-6-7-12(5-2)10-18-21(19,20)15-9-14(17)11(3)8-13(15)16/h8-9,12,18H,4-7,10,17H2,1-3H3. The molecule has 0 aliphatic carbocycles. The number of aryl methyl sites for hydroxylation is 1. The van der Waals surface area contributed by atoms with Crippen molar-refractivity contribution in [3.8, 4) is 0 Å². The molecule has 0 aliphatic rings. The maximum Gasteiger partial charge on any atom is 0.243 e. The van der Waals surface area contributed by atoms with E-state index in [0.29, 0.717) is 12.1 Å². The lowest BCUT2D eigenvalue weighted by atomic mass is 10.00. The lowest BCUT2D eigenvalue weighted by Crippen LogP contribution is -2.30. The minimum Gasteiger partial charge on any atom is -0.398 e. The largest absolute Gasteiger partial charge is 0.398 e. The van der Waals surface area contributed by atoms with Crippen molar-refractivity contribution in [3.63, 3.8) is 0 Å². The Morgan fingerprint density at radius 1 is 1.33 bits per heavy atom. The number of nitrogen functional groups attached to an aromatic ring is 1. The molecular formula is C15H25FN2O2S. The molecule has 1 atom stereocenters. The first-order chi connectivity index (χ1) is 9.81. The van der Waals surface area contributed by atoms with Gasteiger partial charge in [0.2, 0.25) is 10.0 Å². The van der Waals surface area contributed by atoms with Crippen molar-refractivity contribution in [1.29, 1.82) is 0 Å². The van der Waals surface area contributed by atoms with Crippen molar-refractivity contribution >= 4 is 15.7 Å². The first kappa shape index (κ1) is 17.9. The van der Waals surface area contributed by atoms with E-state index in [-0.39, 0.29) is 16.5 Å². The quantitative estimate of drug-likeness (QED) is 0.723. The Morgan fingerprint density at radius 3 is 2.57 bits per heavy atom. The maximum absolute atomic E-state index is 13.9. The third-order valence-corrected chi connectivity index (χ3v) is 5.15. The van der Waals surface area contributed by atoms with Crippen molar-refractivity contribution in [1.82, 2.24) is 4.72 Å². The maximum atomic E-state index is 13.9. The number of unbranched alkanes of at least 4 members (excludes halogenated alkanes) is 1. The molecule has 0 fully saturated rings. The summed E-state index contributed by atoms with van der Waals surface area (Å²) in [6.07, 6.45) is 3.99. The molecule has 21 heavy (non-hydrogen) atoms. The zero-order valence-electron chi connectivity index (χ0n) is 12.9. The highest BCUT2D eigenvalue weighted by atomic mass is 32.2. The van der Waals surface area contributed by atoms with Crippen LogP contribution in [-0.2, 0) is 10.0 Å². The number of anilines is 1. The van der Waals surface area contributed by atoms with Crippen molar-refractivity contribution in [2.24, 2.45) is 5.92 Å². The van der Waals surface area contributed by atoms with Crippen LogP contribution in [0.2, 0.25) is 0 Å². The molecule has 120 valence electrons. The second-order valence-corrected chi connectivity index (χ2v) is 7.14. The molecule has 0 aliphatic heterocycles. The predicted molar refractivity (Wildman–Crippen MR) is 84.0 cm³/mol. The molecule has 0 spiro atoms. The SMILES string of the molecule is CCCCC(CC)CNS(=O)(=O)c1cc(N)c(C)cc1F. The summed E-state index contributed by atoms with van der Waals surface area (Å²) in [5.41, 5.74) is 6.48. The fraction of sp³-hybridized carbons (Fsp3) is 0.600. The Hall–Kier alpha value is -1.14. The zero-order valence-corrected chi connectivity index (χ0v) is 13.8. The van der Waals surface area contributed by atoms with Gasteiger partial charge in [0.05, 0.1) is 0 Å². The molecule has 1 rings (SSSR count). The first-order valence-corrected chi connectivity index (χ1v) is 8.85. The average Bonchev–Trinajstić information content (AvgIpc) is 2.43. The average molecular weight is 316 g/mol. The smallest absolute Gasteiger partial charge is 0.243 e. The monoisotopic (exact) mass is 316 g/mol.